The number of nitrogens with two attached hydrogens (primary N) is 1. The molecule has 0 saturated carbocycles. The molecule has 1 aliphatic rings. The number of ether oxygens (including phenoxy) is 1. The van der Waals surface area contributed by atoms with Crippen LogP contribution in [-0.2, 0) is 13.5 Å². The van der Waals surface area contributed by atoms with Crippen LogP contribution in [0, 0.1) is 0 Å². The van der Waals surface area contributed by atoms with Crippen molar-refractivity contribution in [2.24, 2.45) is 7.05 Å². The Balaban J connectivity index is 2.17. The Labute approximate surface area is 106 Å². The van der Waals surface area contributed by atoms with Crippen LogP contribution in [0.15, 0.2) is 24.4 Å². The van der Waals surface area contributed by atoms with Gasteiger partial charge < -0.3 is 10.5 Å². The van der Waals surface area contributed by atoms with E-state index in [0.29, 0.717) is 5.82 Å². The third-order valence-electron chi connectivity index (χ3n) is 3.37. The summed E-state index contributed by atoms with van der Waals surface area (Å²) in [6.45, 7) is 4.20. The number of anilines is 1. The largest absolute Gasteiger partial charge is 0.487 e. The summed E-state index contributed by atoms with van der Waals surface area (Å²) in [5.74, 6) is 1.61. The molecule has 94 valence electrons. The van der Waals surface area contributed by atoms with Crippen LogP contribution < -0.4 is 10.5 Å². The van der Waals surface area contributed by atoms with Crippen molar-refractivity contribution in [1.82, 2.24) is 9.78 Å². The zero-order valence-corrected chi connectivity index (χ0v) is 10.9. The van der Waals surface area contributed by atoms with Gasteiger partial charge in [-0.3, -0.25) is 4.68 Å². The molecular formula is C14H17N3O. The summed E-state index contributed by atoms with van der Waals surface area (Å²) < 4.78 is 7.73. The smallest absolute Gasteiger partial charge is 0.131 e. The van der Waals surface area contributed by atoms with E-state index in [1.54, 1.807) is 10.9 Å². The number of benzene rings is 1. The monoisotopic (exact) mass is 243 g/mol. The maximum Gasteiger partial charge on any atom is 0.131 e. The highest BCUT2D eigenvalue weighted by atomic mass is 16.5. The summed E-state index contributed by atoms with van der Waals surface area (Å²) >= 11 is 0. The highest BCUT2D eigenvalue weighted by Crippen LogP contribution is 2.43. The van der Waals surface area contributed by atoms with E-state index in [9.17, 15) is 0 Å². The third-order valence-corrected chi connectivity index (χ3v) is 3.37. The molecule has 3 rings (SSSR count). The van der Waals surface area contributed by atoms with Gasteiger partial charge in [-0.1, -0.05) is 18.2 Å². The average molecular weight is 243 g/mol. The standard InChI is InChI=1S/C14H17N3O/c1-14(2)7-9-5-4-6-10(12(9)18-14)11-8-16-17(3)13(11)15/h4-6,8H,7,15H2,1-3H3. The number of hydrogen-bond donors (Lipinski definition) is 1. The SMILES string of the molecule is Cn1ncc(-c2cccc3c2OC(C)(C)C3)c1N. The molecule has 4 nitrogen and oxygen atoms in total. The van der Waals surface area contributed by atoms with Crippen LogP contribution in [0.3, 0.4) is 0 Å². The minimum Gasteiger partial charge on any atom is -0.487 e. The fourth-order valence-electron chi connectivity index (χ4n) is 2.48. The second-order valence-electron chi connectivity index (χ2n) is 5.40. The van der Waals surface area contributed by atoms with Crippen molar-refractivity contribution in [1.29, 1.82) is 0 Å². The Kier molecular flexibility index (Phi) is 2.17. The van der Waals surface area contributed by atoms with E-state index in [1.165, 1.54) is 5.56 Å². The molecule has 0 spiro atoms. The van der Waals surface area contributed by atoms with Crippen molar-refractivity contribution < 1.29 is 4.74 Å². The quantitative estimate of drug-likeness (QED) is 0.836. The van der Waals surface area contributed by atoms with Crippen LogP contribution in [0.2, 0.25) is 0 Å². The molecule has 0 atom stereocenters. The third kappa shape index (κ3) is 1.56. The van der Waals surface area contributed by atoms with Crippen LogP contribution in [0.5, 0.6) is 5.75 Å². The van der Waals surface area contributed by atoms with Gasteiger partial charge in [0.05, 0.1) is 6.20 Å². The molecule has 0 radical (unpaired) electrons. The average Bonchev–Trinajstić information content (AvgIpc) is 2.78. The zero-order valence-electron chi connectivity index (χ0n) is 10.9. The predicted octanol–water partition coefficient (Wildman–Crippen LogP) is 2.38. The van der Waals surface area contributed by atoms with Crippen molar-refractivity contribution in [2.75, 3.05) is 5.73 Å². The van der Waals surface area contributed by atoms with Gasteiger partial charge in [0.15, 0.2) is 0 Å². The number of aryl methyl sites for hydroxylation is 1. The second kappa shape index (κ2) is 3.51. The number of nitrogen functional groups attached to an aromatic ring is 1. The maximum atomic E-state index is 6.05. The molecule has 4 heteroatoms. The fourth-order valence-corrected chi connectivity index (χ4v) is 2.48. The molecule has 0 bridgehead atoms. The van der Waals surface area contributed by atoms with Crippen molar-refractivity contribution in [2.45, 2.75) is 25.9 Å². The summed E-state index contributed by atoms with van der Waals surface area (Å²) in [7, 11) is 1.84. The lowest BCUT2D eigenvalue weighted by Gasteiger charge is -2.18. The summed E-state index contributed by atoms with van der Waals surface area (Å²) in [5, 5.41) is 4.19. The first-order valence-corrected chi connectivity index (χ1v) is 6.07. The topological polar surface area (TPSA) is 53.1 Å². The van der Waals surface area contributed by atoms with Gasteiger partial charge in [0.1, 0.15) is 17.2 Å². The van der Waals surface area contributed by atoms with Crippen LogP contribution in [0.25, 0.3) is 11.1 Å². The minimum absolute atomic E-state index is 0.143. The molecule has 1 aliphatic heterocycles. The normalized spacial score (nSPS) is 16.4. The molecule has 2 heterocycles. The van der Waals surface area contributed by atoms with Crippen molar-refractivity contribution >= 4 is 5.82 Å². The zero-order chi connectivity index (χ0) is 12.9. The summed E-state index contributed by atoms with van der Waals surface area (Å²) in [4.78, 5) is 0. The van der Waals surface area contributed by atoms with E-state index in [-0.39, 0.29) is 5.60 Å². The molecule has 2 N–H and O–H groups in total. The van der Waals surface area contributed by atoms with Gasteiger partial charge in [-0.2, -0.15) is 5.10 Å². The molecule has 1 aromatic carbocycles. The molecule has 18 heavy (non-hydrogen) atoms. The van der Waals surface area contributed by atoms with Gasteiger partial charge in [-0.25, -0.2) is 0 Å². The fraction of sp³-hybridized carbons (Fsp3) is 0.357. The number of nitrogens with zero attached hydrogens (tertiary/aromatic N) is 2. The lowest BCUT2D eigenvalue weighted by atomic mass is 9.99. The number of aromatic nitrogens is 2. The minimum atomic E-state index is -0.143. The summed E-state index contributed by atoms with van der Waals surface area (Å²) in [6, 6.07) is 6.19. The van der Waals surface area contributed by atoms with Crippen LogP contribution >= 0.6 is 0 Å². The Morgan fingerprint density at radius 2 is 2.11 bits per heavy atom. The summed E-state index contributed by atoms with van der Waals surface area (Å²) in [6.07, 6.45) is 2.72. The molecule has 0 saturated heterocycles. The van der Waals surface area contributed by atoms with E-state index in [1.807, 2.05) is 19.2 Å². The molecule has 0 aliphatic carbocycles. The maximum absolute atomic E-state index is 6.05. The summed E-state index contributed by atoms with van der Waals surface area (Å²) in [5.41, 5.74) is 9.10. The lowest BCUT2D eigenvalue weighted by Crippen LogP contribution is -2.24. The number of rotatable bonds is 1. The number of hydrogen-bond acceptors (Lipinski definition) is 3. The second-order valence-corrected chi connectivity index (χ2v) is 5.40. The molecular weight excluding hydrogens is 226 g/mol. The molecule has 0 fully saturated rings. The van der Waals surface area contributed by atoms with E-state index >= 15 is 0 Å². The van der Waals surface area contributed by atoms with Gasteiger partial charge in [0.25, 0.3) is 0 Å². The van der Waals surface area contributed by atoms with Gasteiger partial charge >= 0.3 is 0 Å². The van der Waals surface area contributed by atoms with Crippen molar-refractivity contribution in [3.8, 4) is 16.9 Å². The Morgan fingerprint density at radius 3 is 2.78 bits per heavy atom. The van der Waals surface area contributed by atoms with E-state index in [4.69, 9.17) is 10.5 Å². The van der Waals surface area contributed by atoms with Gasteiger partial charge in [0.2, 0.25) is 0 Å². The Morgan fingerprint density at radius 1 is 1.33 bits per heavy atom. The van der Waals surface area contributed by atoms with Gasteiger partial charge in [0, 0.05) is 24.6 Å². The highest BCUT2D eigenvalue weighted by molar-refractivity contribution is 5.80. The van der Waals surface area contributed by atoms with Gasteiger partial charge in [-0.05, 0) is 19.4 Å². The van der Waals surface area contributed by atoms with Crippen LogP contribution in [0.4, 0.5) is 5.82 Å². The first-order chi connectivity index (χ1) is 8.48. The predicted molar refractivity (Wildman–Crippen MR) is 71.5 cm³/mol. The molecule has 1 aromatic heterocycles. The Hall–Kier alpha value is -1.97. The first kappa shape index (κ1) is 11.1. The van der Waals surface area contributed by atoms with Crippen molar-refractivity contribution in [3.63, 3.8) is 0 Å². The molecule has 2 aromatic rings. The highest BCUT2D eigenvalue weighted by Gasteiger charge is 2.32. The van der Waals surface area contributed by atoms with Crippen molar-refractivity contribution in [3.05, 3.63) is 30.0 Å². The Bertz CT molecular complexity index is 613. The first-order valence-electron chi connectivity index (χ1n) is 6.07. The number of fused-ring (bicyclic) bond motifs is 1. The van der Waals surface area contributed by atoms with Crippen LogP contribution in [0.1, 0.15) is 19.4 Å². The molecule has 0 amide bonds. The number of para-hydroxylation sites is 1. The van der Waals surface area contributed by atoms with E-state index in [2.05, 4.69) is 25.0 Å². The lowest BCUT2D eigenvalue weighted by molar-refractivity contribution is 0.139. The van der Waals surface area contributed by atoms with Gasteiger partial charge in [-0.15, -0.1) is 0 Å². The van der Waals surface area contributed by atoms with Crippen LogP contribution in [-0.4, -0.2) is 15.4 Å². The van der Waals surface area contributed by atoms with E-state index in [0.717, 1.165) is 23.3 Å². The van der Waals surface area contributed by atoms with E-state index < -0.39 is 0 Å². The molecule has 0 unspecified atom stereocenters.